The predicted molar refractivity (Wildman–Crippen MR) is 99.6 cm³/mol. The lowest BCUT2D eigenvalue weighted by molar-refractivity contribution is -0.131. The first-order chi connectivity index (χ1) is 11.9. The molecule has 3 rings (SSSR count). The van der Waals surface area contributed by atoms with E-state index in [1.807, 2.05) is 37.3 Å². The average Bonchev–Trinajstić information content (AvgIpc) is 2.59. The summed E-state index contributed by atoms with van der Waals surface area (Å²) in [5.41, 5.74) is 2.86. The van der Waals surface area contributed by atoms with Crippen molar-refractivity contribution in [1.82, 2.24) is 4.90 Å². The zero-order chi connectivity index (χ0) is 18.0. The predicted octanol–water partition coefficient (Wildman–Crippen LogP) is 3.14. The maximum Gasteiger partial charge on any atom is 0.265 e. The minimum atomic E-state index is -0.216. The third kappa shape index (κ3) is 4.02. The SMILES string of the molecule is Cc1ccc(CN(C)C(=O)CN2C(=O)COc3cc(Br)ccc32)cc1. The number of ether oxygens (including phenoxy) is 1. The summed E-state index contributed by atoms with van der Waals surface area (Å²) in [6.45, 7) is 2.47. The van der Waals surface area contributed by atoms with Crippen LogP contribution in [-0.4, -0.2) is 36.9 Å². The second-order valence-corrected chi connectivity index (χ2v) is 7.03. The lowest BCUT2D eigenvalue weighted by atomic mass is 10.1. The lowest BCUT2D eigenvalue weighted by Crippen LogP contribution is -2.45. The fourth-order valence-electron chi connectivity index (χ4n) is 2.66. The molecule has 25 heavy (non-hydrogen) atoms. The van der Waals surface area contributed by atoms with Crippen LogP contribution in [0.3, 0.4) is 0 Å². The molecule has 6 heteroatoms. The van der Waals surface area contributed by atoms with Crippen molar-refractivity contribution in [3.8, 4) is 5.75 Å². The highest BCUT2D eigenvalue weighted by atomic mass is 79.9. The monoisotopic (exact) mass is 402 g/mol. The lowest BCUT2D eigenvalue weighted by Gasteiger charge is -2.30. The number of hydrogen-bond donors (Lipinski definition) is 0. The molecular formula is C19H19BrN2O3. The van der Waals surface area contributed by atoms with Gasteiger partial charge in [-0.05, 0) is 30.7 Å². The standard InChI is InChI=1S/C19H19BrN2O3/c1-13-3-5-14(6-4-13)10-21(2)18(23)11-22-16-8-7-15(20)9-17(16)25-12-19(22)24/h3-9H,10-12H2,1-2H3. The third-order valence-corrected chi connectivity index (χ3v) is 4.62. The number of anilines is 1. The molecule has 130 valence electrons. The van der Waals surface area contributed by atoms with E-state index in [1.54, 1.807) is 24.1 Å². The number of carbonyl (C=O) groups excluding carboxylic acids is 2. The van der Waals surface area contributed by atoms with Crippen molar-refractivity contribution in [1.29, 1.82) is 0 Å². The van der Waals surface area contributed by atoms with Gasteiger partial charge in [-0.1, -0.05) is 45.8 Å². The van der Waals surface area contributed by atoms with Crippen LogP contribution in [0, 0.1) is 6.92 Å². The molecule has 0 atom stereocenters. The molecule has 0 unspecified atom stereocenters. The van der Waals surface area contributed by atoms with E-state index in [0.29, 0.717) is 18.0 Å². The molecular weight excluding hydrogens is 384 g/mol. The summed E-state index contributed by atoms with van der Waals surface area (Å²) in [6, 6.07) is 13.5. The van der Waals surface area contributed by atoms with Gasteiger partial charge in [0.05, 0.1) is 5.69 Å². The number of likely N-dealkylation sites (N-methyl/N-ethyl adjacent to an activating group) is 1. The van der Waals surface area contributed by atoms with Crippen LogP contribution >= 0.6 is 15.9 Å². The number of nitrogens with zero attached hydrogens (tertiary/aromatic N) is 2. The smallest absolute Gasteiger partial charge is 0.265 e. The van der Waals surface area contributed by atoms with Gasteiger partial charge < -0.3 is 9.64 Å². The van der Waals surface area contributed by atoms with Crippen molar-refractivity contribution in [2.75, 3.05) is 25.1 Å². The highest BCUT2D eigenvalue weighted by Gasteiger charge is 2.28. The molecule has 0 N–H and O–H groups in total. The molecule has 1 aliphatic heterocycles. The minimum absolute atomic E-state index is 0.000806. The molecule has 2 amide bonds. The zero-order valence-corrected chi connectivity index (χ0v) is 15.7. The number of fused-ring (bicyclic) bond motifs is 1. The summed E-state index contributed by atoms with van der Waals surface area (Å²) in [5, 5.41) is 0. The first kappa shape index (κ1) is 17.5. The summed E-state index contributed by atoms with van der Waals surface area (Å²) < 4.78 is 6.31. The first-order valence-corrected chi connectivity index (χ1v) is 8.75. The number of hydrogen-bond acceptors (Lipinski definition) is 3. The molecule has 0 saturated carbocycles. The highest BCUT2D eigenvalue weighted by Crippen LogP contribution is 2.34. The van der Waals surface area contributed by atoms with Crippen LogP contribution in [0.15, 0.2) is 46.9 Å². The van der Waals surface area contributed by atoms with E-state index in [-0.39, 0.29) is 25.0 Å². The van der Waals surface area contributed by atoms with E-state index in [0.717, 1.165) is 10.0 Å². The zero-order valence-electron chi connectivity index (χ0n) is 14.2. The molecule has 0 aliphatic carbocycles. The third-order valence-electron chi connectivity index (χ3n) is 4.12. The van der Waals surface area contributed by atoms with E-state index >= 15 is 0 Å². The number of halogens is 1. The molecule has 0 aromatic heterocycles. The van der Waals surface area contributed by atoms with E-state index in [2.05, 4.69) is 15.9 Å². The van der Waals surface area contributed by atoms with Gasteiger partial charge in [-0.15, -0.1) is 0 Å². The highest BCUT2D eigenvalue weighted by molar-refractivity contribution is 9.10. The number of benzene rings is 2. The maximum absolute atomic E-state index is 12.6. The Labute approximate surface area is 155 Å². The molecule has 0 radical (unpaired) electrons. The van der Waals surface area contributed by atoms with E-state index in [1.165, 1.54) is 10.5 Å². The Hall–Kier alpha value is -2.34. The van der Waals surface area contributed by atoms with Crippen LogP contribution in [0.4, 0.5) is 5.69 Å². The summed E-state index contributed by atoms with van der Waals surface area (Å²) >= 11 is 3.38. The van der Waals surface area contributed by atoms with E-state index < -0.39 is 0 Å². The van der Waals surface area contributed by atoms with Gasteiger partial charge >= 0.3 is 0 Å². The first-order valence-electron chi connectivity index (χ1n) is 7.96. The Morgan fingerprint density at radius 3 is 2.68 bits per heavy atom. The van der Waals surface area contributed by atoms with Gasteiger partial charge in [-0.25, -0.2) is 0 Å². The Morgan fingerprint density at radius 2 is 1.96 bits per heavy atom. The Balaban J connectivity index is 1.71. The molecule has 0 bridgehead atoms. The van der Waals surface area contributed by atoms with Crippen LogP contribution in [-0.2, 0) is 16.1 Å². The molecule has 5 nitrogen and oxygen atoms in total. The topological polar surface area (TPSA) is 49.9 Å². The second-order valence-electron chi connectivity index (χ2n) is 6.12. The van der Waals surface area contributed by atoms with Crippen LogP contribution < -0.4 is 9.64 Å². The van der Waals surface area contributed by atoms with Crippen molar-refractivity contribution in [2.24, 2.45) is 0 Å². The van der Waals surface area contributed by atoms with Crippen LogP contribution in [0.1, 0.15) is 11.1 Å². The van der Waals surface area contributed by atoms with Gasteiger partial charge in [0.1, 0.15) is 12.3 Å². The van der Waals surface area contributed by atoms with Gasteiger partial charge in [-0.3, -0.25) is 14.5 Å². The number of amides is 2. The van der Waals surface area contributed by atoms with Crippen LogP contribution in [0.25, 0.3) is 0 Å². The average molecular weight is 403 g/mol. The van der Waals surface area contributed by atoms with Crippen LogP contribution in [0.5, 0.6) is 5.75 Å². The van der Waals surface area contributed by atoms with Crippen molar-refractivity contribution in [3.63, 3.8) is 0 Å². The number of aryl methyl sites for hydroxylation is 1. The fourth-order valence-corrected chi connectivity index (χ4v) is 3.00. The van der Waals surface area contributed by atoms with Crippen molar-refractivity contribution < 1.29 is 14.3 Å². The summed E-state index contributed by atoms with van der Waals surface area (Å²) in [6.07, 6.45) is 0. The minimum Gasteiger partial charge on any atom is -0.482 e. The molecule has 1 aliphatic rings. The fraction of sp³-hybridized carbons (Fsp3) is 0.263. The number of carbonyl (C=O) groups is 2. The maximum atomic E-state index is 12.6. The largest absolute Gasteiger partial charge is 0.482 e. The molecule has 2 aromatic rings. The van der Waals surface area contributed by atoms with Gasteiger partial charge in [0, 0.05) is 18.1 Å². The van der Waals surface area contributed by atoms with Crippen molar-refractivity contribution in [3.05, 3.63) is 58.1 Å². The van der Waals surface area contributed by atoms with Gasteiger partial charge in [-0.2, -0.15) is 0 Å². The van der Waals surface area contributed by atoms with Gasteiger partial charge in [0.25, 0.3) is 5.91 Å². The molecule has 0 saturated heterocycles. The number of rotatable bonds is 4. The Bertz CT molecular complexity index is 805. The van der Waals surface area contributed by atoms with Gasteiger partial charge in [0.15, 0.2) is 6.61 Å². The van der Waals surface area contributed by atoms with Crippen molar-refractivity contribution in [2.45, 2.75) is 13.5 Å². The van der Waals surface area contributed by atoms with Gasteiger partial charge in [0.2, 0.25) is 5.91 Å². The van der Waals surface area contributed by atoms with E-state index in [4.69, 9.17) is 4.74 Å². The molecule has 0 fully saturated rings. The summed E-state index contributed by atoms with van der Waals surface area (Å²) in [4.78, 5) is 27.9. The normalized spacial score (nSPS) is 13.2. The van der Waals surface area contributed by atoms with Crippen LogP contribution in [0.2, 0.25) is 0 Å². The molecule has 1 heterocycles. The van der Waals surface area contributed by atoms with E-state index in [9.17, 15) is 9.59 Å². The summed E-state index contributed by atoms with van der Waals surface area (Å²) in [5.74, 6) is 0.263. The Morgan fingerprint density at radius 1 is 1.24 bits per heavy atom. The van der Waals surface area contributed by atoms with Crippen molar-refractivity contribution >= 4 is 33.4 Å². The molecule has 2 aromatic carbocycles. The quantitative estimate of drug-likeness (QED) is 0.788. The summed E-state index contributed by atoms with van der Waals surface area (Å²) in [7, 11) is 1.75. The molecule has 0 spiro atoms. The second kappa shape index (κ2) is 7.27. The Kier molecular flexibility index (Phi) is 5.08.